The molecule has 0 aliphatic heterocycles. The van der Waals surface area contributed by atoms with Crippen molar-refractivity contribution in [1.29, 1.82) is 0 Å². The van der Waals surface area contributed by atoms with E-state index in [0.29, 0.717) is 6.54 Å². The number of aliphatic hydroxyl groups excluding tert-OH is 1. The summed E-state index contributed by atoms with van der Waals surface area (Å²) in [5.74, 6) is 0. The van der Waals surface area contributed by atoms with Crippen LogP contribution in [0, 0.1) is 6.92 Å². The lowest BCUT2D eigenvalue weighted by Gasteiger charge is -2.12. The summed E-state index contributed by atoms with van der Waals surface area (Å²) in [6.45, 7) is 2.48. The van der Waals surface area contributed by atoms with Crippen LogP contribution in [0.1, 0.15) is 22.4 Å². The maximum atomic E-state index is 11.6. The third-order valence-corrected chi connectivity index (χ3v) is 3.67. The van der Waals surface area contributed by atoms with Crippen LogP contribution in [0.3, 0.4) is 0 Å². The largest absolute Gasteiger partial charge is 0.387 e. The highest BCUT2D eigenvalue weighted by Crippen LogP contribution is 2.10. The molecule has 0 saturated carbocycles. The average molecular weight is 291 g/mol. The third kappa shape index (κ3) is 4.32. The number of aryl methyl sites for hydroxylation is 1. The van der Waals surface area contributed by atoms with Gasteiger partial charge in [-0.15, -0.1) is 11.3 Å². The summed E-state index contributed by atoms with van der Waals surface area (Å²) >= 11 is 1.51. The summed E-state index contributed by atoms with van der Waals surface area (Å²) in [7, 11) is 0. The first-order chi connectivity index (χ1) is 9.65. The van der Waals surface area contributed by atoms with Gasteiger partial charge in [-0.2, -0.15) is 0 Å². The molecule has 2 rings (SSSR count). The van der Waals surface area contributed by atoms with Gasteiger partial charge in [-0.05, 0) is 12.5 Å². The number of urea groups is 1. The van der Waals surface area contributed by atoms with Crippen molar-refractivity contribution >= 4 is 17.4 Å². The SMILES string of the molecule is Cc1csc(CNC(=O)NC[C@@H](O)c2ccccc2)n1. The second-order valence-electron chi connectivity index (χ2n) is 4.37. The maximum absolute atomic E-state index is 11.6. The van der Waals surface area contributed by atoms with Gasteiger partial charge in [-0.1, -0.05) is 30.3 Å². The van der Waals surface area contributed by atoms with Crippen molar-refractivity contribution in [3.05, 3.63) is 52.0 Å². The number of benzene rings is 1. The molecule has 1 aromatic carbocycles. The molecular formula is C14H17N3O2S. The summed E-state index contributed by atoms with van der Waals surface area (Å²) in [5, 5.41) is 18.0. The maximum Gasteiger partial charge on any atom is 0.315 e. The number of rotatable bonds is 5. The van der Waals surface area contributed by atoms with Gasteiger partial charge >= 0.3 is 6.03 Å². The van der Waals surface area contributed by atoms with Gasteiger partial charge in [0.1, 0.15) is 5.01 Å². The van der Waals surface area contributed by atoms with Crippen LogP contribution < -0.4 is 10.6 Å². The normalized spacial score (nSPS) is 11.9. The van der Waals surface area contributed by atoms with Gasteiger partial charge in [-0.3, -0.25) is 0 Å². The van der Waals surface area contributed by atoms with Crippen LogP contribution in [0.5, 0.6) is 0 Å². The van der Waals surface area contributed by atoms with Gasteiger partial charge in [0.15, 0.2) is 0 Å². The lowest BCUT2D eigenvalue weighted by atomic mass is 10.1. The molecule has 2 amide bonds. The highest BCUT2D eigenvalue weighted by Gasteiger charge is 2.09. The summed E-state index contributed by atoms with van der Waals surface area (Å²) in [5.41, 5.74) is 1.73. The number of carbonyl (C=O) groups is 1. The Bertz CT molecular complexity index is 557. The molecule has 0 fully saturated rings. The Morgan fingerprint density at radius 2 is 2.10 bits per heavy atom. The molecule has 0 aliphatic rings. The molecule has 0 aliphatic carbocycles. The molecule has 0 spiro atoms. The number of hydrogen-bond acceptors (Lipinski definition) is 4. The van der Waals surface area contributed by atoms with Crippen LogP contribution in [-0.2, 0) is 6.54 Å². The fraction of sp³-hybridized carbons (Fsp3) is 0.286. The standard InChI is InChI=1S/C14H17N3O2S/c1-10-9-20-13(17-10)8-16-14(19)15-7-12(18)11-5-3-2-4-6-11/h2-6,9,12,18H,7-8H2,1H3,(H2,15,16,19)/t12-/m1/s1. The van der Waals surface area contributed by atoms with E-state index < -0.39 is 6.10 Å². The number of carbonyl (C=O) groups excluding carboxylic acids is 1. The van der Waals surface area contributed by atoms with E-state index in [1.807, 2.05) is 42.6 Å². The second-order valence-corrected chi connectivity index (χ2v) is 5.32. The van der Waals surface area contributed by atoms with E-state index in [2.05, 4.69) is 15.6 Å². The molecule has 2 aromatic rings. The number of thiazole rings is 1. The highest BCUT2D eigenvalue weighted by atomic mass is 32.1. The minimum Gasteiger partial charge on any atom is -0.387 e. The van der Waals surface area contributed by atoms with Crippen LogP contribution in [0.4, 0.5) is 4.79 Å². The number of amides is 2. The minimum absolute atomic E-state index is 0.173. The first kappa shape index (κ1) is 14.5. The van der Waals surface area contributed by atoms with Crippen molar-refractivity contribution in [3.63, 3.8) is 0 Å². The number of nitrogens with one attached hydrogen (secondary N) is 2. The van der Waals surface area contributed by atoms with E-state index in [4.69, 9.17) is 0 Å². The zero-order valence-electron chi connectivity index (χ0n) is 11.2. The first-order valence-electron chi connectivity index (χ1n) is 6.31. The van der Waals surface area contributed by atoms with Crippen molar-refractivity contribution in [2.24, 2.45) is 0 Å². The average Bonchev–Trinajstić information content (AvgIpc) is 2.89. The molecule has 1 aromatic heterocycles. The van der Waals surface area contributed by atoms with Crippen molar-refractivity contribution < 1.29 is 9.90 Å². The van der Waals surface area contributed by atoms with Gasteiger partial charge in [0.05, 0.1) is 12.6 Å². The Balaban J connectivity index is 1.72. The Morgan fingerprint density at radius 3 is 2.75 bits per heavy atom. The fourth-order valence-corrected chi connectivity index (χ4v) is 2.40. The molecule has 106 valence electrons. The molecule has 1 atom stereocenters. The quantitative estimate of drug-likeness (QED) is 0.788. The zero-order chi connectivity index (χ0) is 14.4. The van der Waals surface area contributed by atoms with E-state index in [9.17, 15) is 9.90 Å². The number of aromatic nitrogens is 1. The Morgan fingerprint density at radius 1 is 1.35 bits per heavy atom. The van der Waals surface area contributed by atoms with E-state index in [1.165, 1.54) is 11.3 Å². The van der Waals surface area contributed by atoms with Crippen molar-refractivity contribution in [3.8, 4) is 0 Å². The van der Waals surface area contributed by atoms with Crippen molar-refractivity contribution in [1.82, 2.24) is 15.6 Å². The van der Waals surface area contributed by atoms with Gasteiger partial charge in [0.25, 0.3) is 0 Å². The highest BCUT2D eigenvalue weighted by molar-refractivity contribution is 7.09. The van der Waals surface area contributed by atoms with Gasteiger partial charge < -0.3 is 15.7 Å². The number of hydrogen-bond donors (Lipinski definition) is 3. The summed E-state index contributed by atoms with van der Waals surface area (Å²) in [6, 6.07) is 8.91. The van der Waals surface area contributed by atoms with Crippen molar-refractivity contribution in [2.45, 2.75) is 19.6 Å². The number of nitrogens with zero attached hydrogens (tertiary/aromatic N) is 1. The van der Waals surface area contributed by atoms with Crippen LogP contribution in [-0.4, -0.2) is 22.7 Å². The van der Waals surface area contributed by atoms with Gasteiger partial charge in [0, 0.05) is 17.6 Å². The van der Waals surface area contributed by atoms with Crippen LogP contribution >= 0.6 is 11.3 Å². The van der Waals surface area contributed by atoms with Gasteiger partial charge in [-0.25, -0.2) is 9.78 Å². The first-order valence-corrected chi connectivity index (χ1v) is 7.19. The minimum atomic E-state index is -0.705. The molecular weight excluding hydrogens is 274 g/mol. The summed E-state index contributed by atoms with van der Waals surface area (Å²) in [4.78, 5) is 15.9. The predicted octanol–water partition coefficient (Wildman–Crippen LogP) is 1.98. The Labute approximate surface area is 121 Å². The molecule has 3 N–H and O–H groups in total. The smallest absolute Gasteiger partial charge is 0.315 e. The Hall–Kier alpha value is -1.92. The second kappa shape index (κ2) is 7.02. The zero-order valence-corrected chi connectivity index (χ0v) is 12.0. The lowest BCUT2D eigenvalue weighted by molar-refractivity contribution is 0.173. The van der Waals surface area contributed by atoms with Gasteiger partial charge in [0.2, 0.25) is 0 Å². The van der Waals surface area contributed by atoms with E-state index in [-0.39, 0.29) is 12.6 Å². The van der Waals surface area contributed by atoms with Crippen LogP contribution in [0.25, 0.3) is 0 Å². The summed E-state index contributed by atoms with van der Waals surface area (Å²) in [6.07, 6.45) is -0.705. The lowest BCUT2D eigenvalue weighted by Crippen LogP contribution is -2.37. The Kier molecular flexibility index (Phi) is 5.09. The van der Waals surface area contributed by atoms with Crippen LogP contribution in [0.2, 0.25) is 0 Å². The molecule has 5 nitrogen and oxygen atoms in total. The van der Waals surface area contributed by atoms with E-state index in [1.54, 1.807) is 0 Å². The monoisotopic (exact) mass is 291 g/mol. The van der Waals surface area contributed by atoms with E-state index >= 15 is 0 Å². The molecule has 0 bridgehead atoms. The topological polar surface area (TPSA) is 74.2 Å². The molecule has 1 heterocycles. The molecule has 20 heavy (non-hydrogen) atoms. The fourth-order valence-electron chi connectivity index (χ4n) is 1.68. The predicted molar refractivity (Wildman–Crippen MR) is 78.5 cm³/mol. The molecule has 0 radical (unpaired) electrons. The summed E-state index contributed by atoms with van der Waals surface area (Å²) < 4.78 is 0. The molecule has 0 unspecified atom stereocenters. The van der Waals surface area contributed by atoms with E-state index in [0.717, 1.165) is 16.3 Å². The number of aliphatic hydroxyl groups is 1. The molecule has 6 heteroatoms. The van der Waals surface area contributed by atoms with Crippen molar-refractivity contribution in [2.75, 3.05) is 6.54 Å². The van der Waals surface area contributed by atoms with Crippen LogP contribution in [0.15, 0.2) is 35.7 Å². The third-order valence-electron chi connectivity index (χ3n) is 2.71. The molecule has 0 saturated heterocycles.